The standard InChI is InChI=1S/C13H15F3N2O2/c14-13(15,16)10-5-2-1-4-9(10)11-8-12(20)17-18(11)6-3-7-19/h1-2,4-5,11,19H,3,6-8H2,(H,17,20). The highest BCUT2D eigenvalue weighted by molar-refractivity contribution is 5.78. The molecule has 1 amide bonds. The Morgan fingerprint density at radius 1 is 1.35 bits per heavy atom. The quantitative estimate of drug-likeness (QED) is 0.889. The van der Waals surface area contributed by atoms with Crippen LogP contribution in [0, 0.1) is 0 Å². The minimum absolute atomic E-state index is 0.0154. The Morgan fingerprint density at radius 2 is 2.05 bits per heavy atom. The smallest absolute Gasteiger partial charge is 0.396 e. The van der Waals surface area contributed by atoms with E-state index in [1.165, 1.54) is 23.2 Å². The molecule has 0 aromatic heterocycles. The SMILES string of the molecule is O=C1CC(c2ccccc2C(F)(F)F)N(CCCO)N1. The van der Waals surface area contributed by atoms with Crippen LogP contribution in [0.1, 0.15) is 30.0 Å². The van der Waals surface area contributed by atoms with Crippen molar-refractivity contribution in [2.45, 2.75) is 25.1 Å². The zero-order valence-electron chi connectivity index (χ0n) is 10.7. The van der Waals surface area contributed by atoms with Crippen molar-refractivity contribution >= 4 is 5.91 Å². The van der Waals surface area contributed by atoms with Crippen molar-refractivity contribution in [3.8, 4) is 0 Å². The van der Waals surface area contributed by atoms with Crippen LogP contribution in [0.3, 0.4) is 0 Å². The van der Waals surface area contributed by atoms with Gasteiger partial charge >= 0.3 is 6.18 Å². The van der Waals surface area contributed by atoms with Crippen molar-refractivity contribution in [3.63, 3.8) is 0 Å². The molecule has 0 radical (unpaired) electrons. The molecule has 0 bridgehead atoms. The summed E-state index contributed by atoms with van der Waals surface area (Å²) in [4.78, 5) is 11.5. The summed E-state index contributed by atoms with van der Waals surface area (Å²) >= 11 is 0. The number of rotatable bonds is 4. The van der Waals surface area contributed by atoms with E-state index in [2.05, 4.69) is 5.43 Å². The second-order valence-electron chi connectivity index (χ2n) is 4.61. The molecule has 1 aromatic carbocycles. The van der Waals surface area contributed by atoms with E-state index in [1.807, 2.05) is 0 Å². The van der Waals surface area contributed by atoms with E-state index in [1.54, 1.807) is 0 Å². The molecule has 7 heteroatoms. The predicted molar refractivity (Wildman–Crippen MR) is 65.4 cm³/mol. The van der Waals surface area contributed by atoms with Crippen molar-refractivity contribution in [1.29, 1.82) is 0 Å². The van der Waals surface area contributed by atoms with Gasteiger partial charge in [-0.1, -0.05) is 18.2 Å². The number of alkyl halides is 3. The lowest BCUT2D eigenvalue weighted by Gasteiger charge is -2.25. The fourth-order valence-electron chi connectivity index (χ4n) is 2.35. The molecule has 4 nitrogen and oxygen atoms in total. The van der Waals surface area contributed by atoms with Crippen LogP contribution in [-0.4, -0.2) is 29.2 Å². The predicted octanol–water partition coefficient (Wildman–Crippen LogP) is 1.87. The van der Waals surface area contributed by atoms with Crippen LogP contribution in [0.15, 0.2) is 24.3 Å². The summed E-state index contributed by atoms with van der Waals surface area (Å²) in [7, 11) is 0. The number of nitrogens with zero attached hydrogens (tertiary/aromatic N) is 1. The van der Waals surface area contributed by atoms with Crippen molar-refractivity contribution < 1.29 is 23.1 Å². The number of amides is 1. The molecule has 1 heterocycles. The summed E-state index contributed by atoms with van der Waals surface area (Å²) in [6.45, 7) is 0.221. The first-order valence-corrected chi connectivity index (χ1v) is 6.26. The second kappa shape index (κ2) is 5.80. The largest absolute Gasteiger partial charge is 0.416 e. The van der Waals surface area contributed by atoms with Gasteiger partial charge in [0.15, 0.2) is 0 Å². The molecule has 1 saturated heterocycles. The Balaban J connectivity index is 2.32. The van der Waals surface area contributed by atoms with Crippen LogP contribution in [-0.2, 0) is 11.0 Å². The average molecular weight is 288 g/mol. The fraction of sp³-hybridized carbons (Fsp3) is 0.462. The van der Waals surface area contributed by atoms with Crippen LogP contribution < -0.4 is 5.43 Å². The first-order chi connectivity index (χ1) is 9.43. The third kappa shape index (κ3) is 3.10. The number of aliphatic hydroxyl groups is 1. The summed E-state index contributed by atoms with van der Waals surface area (Å²) in [5, 5.41) is 10.3. The molecule has 1 atom stereocenters. The lowest BCUT2D eigenvalue weighted by molar-refractivity contribution is -0.138. The highest BCUT2D eigenvalue weighted by Crippen LogP contribution is 2.38. The number of carbonyl (C=O) groups excluding carboxylic acids is 1. The van der Waals surface area contributed by atoms with Crippen LogP contribution in [0.25, 0.3) is 0 Å². The zero-order valence-corrected chi connectivity index (χ0v) is 10.7. The number of aliphatic hydroxyl groups excluding tert-OH is 1. The number of nitrogens with one attached hydrogen (secondary N) is 1. The molecule has 1 fully saturated rings. The normalized spacial score (nSPS) is 20.2. The molecule has 2 rings (SSSR count). The Labute approximate surface area is 114 Å². The van der Waals surface area contributed by atoms with Gasteiger partial charge in [0.25, 0.3) is 0 Å². The van der Waals surface area contributed by atoms with Crippen LogP contribution >= 0.6 is 0 Å². The molecule has 0 saturated carbocycles. The monoisotopic (exact) mass is 288 g/mol. The van der Waals surface area contributed by atoms with E-state index in [0.717, 1.165) is 6.07 Å². The molecular weight excluding hydrogens is 273 g/mol. The third-order valence-electron chi connectivity index (χ3n) is 3.21. The molecule has 110 valence electrons. The van der Waals surface area contributed by atoms with Gasteiger partial charge in [0.1, 0.15) is 0 Å². The summed E-state index contributed by atoms with van der Waals surface area (Å²) in [6, 6.07) is 4.60. The van der Waals surface area contributed by atoms with Gasteiger partial charge in [-0.15, -0.1) is 0 Å². The minimum atomic E-state index is -4.45. The summed E-state index contributed by atoms with van der Waals surface area (Å²) in [5.74, 6) is -0.315. The van der Waals surface area contributed by atoms with E-state index in [0.29, 0.717) is 13.0 Å². The van der Waals surface area contributed by atoms with Gasteiger partial charge in [-0.3, -0.25) is 10.2 Å². The van der Waals surface area contributed by atoms with Gasteiger partial charge in [-0.05, 0) is 18.1 Å². The molecule has 20 heavy (non-hydrogen) atoms. The van der Waals surface area contributed by atoms with Gasteiger partial charge in [0, 0.05) is 19.6 Å². The van der Waals surface area contributed by atoms with E-state index in [-0.39, 0.29) is 24.5 Å². The molecule has 2 N–H and O–H groups in total. The van der Waals surface area contributed by atoms with Gasteiger partial charge in [-0.25, -0.2) is 5.01 Å². The maximum absolute atomic E-state index is 13.0. The number of carbonyl (C=O) groups is 1. The number of benzene rings is 1. The van der Waals surface area contributed by atoms with Gasteiger partial charge in [-0.2, -0.15) is 13.2 Å². The molecule has 1 aliphatic heterocycles. The summed E-state index contributed by atoms with van der Waals surface area (Å²) < 4.78 is 39.0. The topological polar surface area (TPSA) is 52.6 Å². The minimum Gasteiger partial charge on any atom is -0.396 e. The lowest BCUT2D eigenvalue weighted by atomic mass is 9.98. The molecular formula is C13H15F3N2O2. The summed E-state index contributed by atoms with van der Waals surface area (Å²) in [5.41, 5.74) is 1.89. The Kier molecular flexibility index (Phi) is 4.29. The molecule has 1 unspecified atom stereocenters. The highest BCUT2D eigenvalue weighted by atomic mass is 19.4. The van der Waals surface area contributed by atoms with E-state index in [4.69, 9.17) is 5.11 Å². The van der Waals surface area contributed by atoms with E-state index < -0.39 is 17.8 Å². The maximum Gasteiger partial charge on any atom is 0.416 e. The molecule has 0 aliphatic carbocycles. The number of hydrogen-bond donors (Lipinski definition) is 2. The number of hydrazine groups is 1. The maximum atomic E-state index is 13.0. The van der Waals surface area contributed by atoms with E-state index in [9.17, 15) is 18.0 Å². The number of halogens is 3. The van der Waals surface area contributed by atoms with Gasteiger partial charge in [0.2, 0.25) is 5.91 Å². The van der Waals surface area contributed by atoms with Crippen LogP contribution in [0.2, 0.25) is 0 Å². The van der Waals surface area contributed by atoms with Gasteiger partial charge < -0.3 is 5.11 Å². The van der Waals surface area contributed by atoms with Crippen molar-refractivity contribution in [3.05, 3.63) is 35.4 Å². The van der Waals surface area contributed by atoms with Crippen molar-refractivity contribution in [1.82, 2.24) is 10.4 Å². The summed E-state index contributed by atoms with van der Waals surface area (Å²) in [6.07, 6.45) is -4.09. The van der Waals surface area contributed by atoms with Gasteiger partial charge in [0.05, 0.1) is 11.6 Å². The van der Waals surface area contributed by atoms with Crippen molar-refractivity contribution in [2.75, 3.05) is 13.2 Å². The molecule has 0 spiro atoms. The lowest BCUT2D eigenvalue weighted by Crippen LogP contribution is -2.36. The van der Waals surface area contributed by atoms with Crippen LogP contribution in [0.4, 0.5) is 13.2 Å². The van der Waals surface area contributed by atoms with Crippen LogP contribution in [0.5, 0.6) is 0 Å². The zero-order chi connectivity index (χ0) is 14.8. The van der Waals surface area contributed by atoms with E-state index >= 15 is 0 Å². The Bertz CT molecular complexity index is 491. The first kappa shape index (κ1) is 14.8. The second-order valence-corrected chi connectivity index (χ2v) is 4.61. The average Bonchev–Trinajstić information content (AvgIpc) is 2.76. The van der Waals surface area contributed by atoms with Crippen molar-refractivity contribution in [2.24, 2.45) is 0 Å². The molecule has 1 aliphatic rings. The third-order valence-corrected chi connectivity index (χ3v) is 3.21. The fourth-order valence-corrected chi connectivity index (χ4v) is 2.35. The Morgan fingerprint density at radius 3 is 2.70 bits per heavy atom. The Hall–Kier alpha value is -1.60. The number of hydrogen-bond acceptors (Lipinski definition) is 3. The first-order valence-electron chi connectivity index (χ1n) is 6.26. The molecule has 1 aromatic rings. The highest BCUT2D eigenvalue weighted by Gasteiger charge is 2.39.